The highest BCUT2D eigenvalue weighted by Gasteiger charge is 2.23. The summed E-state index contributed by atoms with van der Waals surface area (Å²) >= 11 is 0. The van der Waals surface area contributed by atoms with Crippen LogP contribution in [0.3, 0.4) is 0 Å². The van der Waals surface area contributed by atoms with Crippen LogP contribution < -0.4 is 4.90 Å². The molecule has 0 radical (unpaired) electrons. The van der Waals surface area contributed by atoms with Crippen molar-refractivity contribution in [2.75, 3.05) is 11.4 Å². The van der Waals surface area contributed by atoms with Gasteiger partial charge in [0.2, 0.25) is 0 Å². The molecule has 1 aromatic heterocycles. The van der Waals surface area contributed by atoms with Crippen molar-refractivity contribution < 1.29 is 5.11 Å². The van der Waals surface area contributed by atoms with Gasteiger partial charge in [0.25, 0.3) is 0 Å². The Kier molecular flexibility index (Phi) is 3.17. The summed E-state index contributed by atoms with van der Waals surface area (Å²) < 4.78 is 0. The largest absolute Gasteiger partial charge is 0.390 e. The van der Waals surface area contributed by atoms with Gasteiger partial charge in [-0.1, -0.05) is 25.1 Å². The van der Waals surface area contributed by atoms with E-state index in [9.17, 15) is 0 Å². The summed E-state index contributed by atoms with van der Waals surface area (Å²) in [6.45, 7) is 3.13. The van der Waals surface area contributed by atoms with Crippen molar-refractivity contribution >= 4 is 11.5 Å². The maximum atomic E-state index is 9.02. The lowest BCUT2D eigenvalue weighted by molar-refractivity contribution is 0.275. The lowest BCUT2D eigenvalue weighted by Crippen LogP contribution is -2.31. The highest BCUT2D eigenvalue weighted by molar-refractivity contribution is 5.65. The Morgan fingerprint density at radius 1 is 1.21 bits per heavy atom. The number of aliphatic hydroxyl groups is 1. The third-order valence-corrected chi connectivity index (χ3v) is 3.49. The summed E-state index contributed by atoms with van der Waals surface area (Å²) in [6, 6.07) is 12.2. The minimum absolute atomic E-state index is 0.0692. The number of aliphatic hydroxyl groups excluding tert-OH is 1. The Morgan fingerprint density at radius 3 is 2.79 bits per heavy atom. The van der Waals surface area contributed by atoms with Crippen LogP contribution in [0, 0.1) is 5.92 Å². The van der Waals surface area contributed by atoms with E-state index in [0.29, 0.717) is 11.6 Å². The van der Waals surface area contributed by atoms with Crippen LogP contribution in [0.2, 0.25) is 0 Å². The van der Waals surface area contributed by atoms with E-state index in [4.69, 9.17) is 5.11 Å². The average Bonchev–Trinajstić information content (AvgIpc) is 2.46. The van der Waals surface area contributed by atoms with E-state index in [1.54, 1.807) is 0 Å². The van der Waals surface area contributed by atoms with Gasteiger partial charge in [0.1, 0.15) is 0 Å². The Labute approximate surface area is 112 Å². The number of aromatic nitrogens is 2. The normalized spacial score (nSPS) is 18.2. The molecule has 0 saturated heterocycles. The van der Waals surface area contributed by atoms with Gasteiger partial charge in [0.05, 0.1) is 12.3 Å². The van der Waals surface area contributed by atoms with Gasteiger partial charge in [-0.2, -0.15) is 5.10 Å². The summed E-state index contributed by atoms with van der Waals surface area (Å²) in [4.78, 5) is 2.21. The molecule has 1 N–H and O–H groups in total. The second-order valence-electron chi connectivity index (χ2n) is 5.09. The molecule has 0 aliphatic carbocycles. The van der Waals surface area contributed by atoms with E-state index in [0.717, 1.165) is 18.8 Å². The fraction of sp³-hybridized carbons (Fsp3) is 0.333. The number of hydrogen-bond donors (Lipinski definition) is 1. The maximum Gasteiger partial charge on any atom is 0.155 e. The van der Waals surface area contributed by atoms with Gasteiger partial charge in [-0.15, -0.1) is 5.10 Å². The van der Waals surface area contributed by atoms with E-state index in [1.807, 2.05) is 12.1 Å². The fourth-order valence-corrected chi connectivity index (χ4v) is 2.59. The molecule has 3 rings (SSSR count). The van der Waals surface area contributed by atoms with Crippen LogP contribution in [0.25, 0.3) is 0 Å². The molecule has 1 unspecified atom stereocenters. The SMILES string of the molecule is CC1Cc2ccccc2N(c2ccc(CO)nn2)C1. The molecule has 1 aromatic carbocycles. The van der Waals surface area contributed by atoms with Crippen molar-refractivity contribution in [1.82, 2.24) is 10.2 Å². The molecule has 2 aromatic rings. The van der Waals surface area contributed by atoms with Gasteiger partial charge < -0.3 is 10.0 Å². The van der Waals surface area contributed by atoms with E-state index in [1.165, 1.54) is 11.3 Å². The molecule has 0 amide bonds. The number of fused-ring (bicyclic) bond motifs is 1. The van der Waals surface area contributed by atoms with Crippen LogP contribution >= 0.6 is 0 Å². The zero-order valence-electron chi connectivity index (χ0n) is 11.0. The summed E-state index contributed by atoms with van der Waals surface area (Å²) in [5, 5.41) is 17.3. The highest BCUT2D eigenvalue weighted by Crippen LogP contribution is 2.33. The fourth-order valence-electron chi connectivity index (χ4n) is 2.59. The van der Waals surface area contributed by atoms with Crippen molar-refractivity contribution in [1.29, 1.82) is 0 Å². The molecule has 4 nitrogen and oxygen atoms in total. The van der Waals surface area contributed by atoms with Crippen molar-refractivity contribution in [3.05, 3.63) is 47.7 Å². The number of hydrogen-bond acceptors (Lipinski definition) is 4. The zero-order valence-corrected chi connectivity index (χ0v) is 11.0. The third-order valence-electron chi connectivity index (χ3n) is 3.49. The number of anilines is 2. The van der Waals surface area contributed by atoms with Gasteiger partial charge in [0, 0.05) is 12.2 Å². The summed E-state index contributed by atoms with van der Waals surface area (Å²) in [5.41, 5.74) is 3.17. The smallest absolute Gasteiger partial charge is 0.155 e. The lowest BCUT2D eigenvalue weighted by atomic mass is 9.94. The molecule has 0 saturated carbocycles. The molecule has 0 fully saturated rings. The van der Waals surface area contributed by atoms with Crippen molar-refractivity contribution in [3.63, 3.8) is 0 Å². The van der Waals surface area contributed by atoms with Crippen LogP contribution in [-0.4, -0.2) is 21.8 Å². The molecule has 1 aliphatic rings. The van der Waals surface area contributed by atoms with E-state index >= 15 is 0 Å². The second-order valence-corrected chi connectivity index (χ2v) is 5.09. The van der Waals surface area contributed by atoms with Gasteiger partial charge in [-0.3, -0.25) is 0 Å². The molecule has 0 spiro atoms. The first-order valence-electron chi connectivity index (χ1n) is 6.57. The minimum atomic E-state index is -0.0692. The summed E-state index contributed by atoms with van der Waals surface area (Å²) in [7, 11) is 0. The predicted molar refractivity (Wildman–Crippen MR) is 74.3 cm³/mol. The third kappa shape index (κ3) is 2.31. The topological polar surface area (TPSA) is 49.2 Å². The zero-order chi connectivity index (χ0) is 13.2. The molecule has 1 aliphatic heterocycles. The number of benzene rings is 1. The monoisotopic (exact) mass is 255 g/mol. The quantitative estimate of drug-likeness (QED) is 0.894. The summed E-state index contributed by atoms with van der Waals surface area (Å²) in [6.07, 6.45) is 1.11. The van der Waals surface area contributed by atoms with Crippen LogP contribution in [0.4, 0.5) is 11.5 Å². The molecule has 2 heterocycles. The molecule has 19 heavy (non-hydrogen) atoms. The van der Waals surface area contributed by atoms with E-state index < -0.39 is 0 Å². The highest BCUT2D eigenvalue weighted by atomic mass is 16.3. The predicted octanol–water partition coefficient (Wildman–Crippen LogP) is 2.30. The molecule has 98 valence electrons. The number of nitrogens with zero attached hydrogens (tertiary/aromatic N) is 3. The van der Waals surface area contributed by atoms with Crippen LogP contribution in [0.5, 0.6) is 0 Å². The van der Waals surface area contributed by atoms with Crippen LogP contribution in [-0.2, 0) is 13.0 Å². The van der Waals surface area contributed by atoms with Gasteiger partial charge in [0.15, 0.2) is 5.82 Å². The molecule has 0 bridgehead atoms. The molecule has 1 atom stereocenters. The molecular weight excluding hydrogens is 238 g/mol. The lowest BCUT2D eigenvalue weighted by Gasteiger charge is -2.33. The van der Waals surface area contributed by atoms with Gasteiger partial charge >= 0.3 is 0 Å². The van der Waals surface area contributed by atoms with Crippen molar-refractivity contribution in [3.8, 4) is 0 Å². The molecular formula is C15H17N3O. The van der Waals surface area contributed by atoms with E-state index in [-0.39, 0.29) is 6.61 Å². The summed E-state index contributed by atoms with van der Waals surface area (Å²) in [5.74, 6) is 1.44. The van der Waals surface area contributed by atoms with Crippen molar-refractivity contribution in [2.24, 2.45) is 5.92 Å². The maximum absolute atomic E-state index is 9.02. The first-order chi connectivity index (χ1) is 9.28. The van der Waals surface area contributed by atoms with Gasteiger partial charge in [-0.25, -0.2) is 0 Å². The average molecular weight is 255 g/mol. The Balaban J connectivity index is 1.99. The first kappa shape index (κ1) is 12.1. The minimum Gasteiger partial charge on any atom is -0.390 e. The van der Waals surface area contributed by atoms with Crippen molar-refractivity contribution in [2.45, 2.75) is 20.0 Å². The first-order valence-corrected chi connectivity index (χ1v) is 6.57. The Bertz CT molecular complexity index is 568. The second kappa shape index (κ2) is 4.97. The van der Waals surface area contributed by atoms with Gasteiger partial charge in [-0.05, 0) is 36.1 Å². The standard InChI is InChI=1S/C15H17N3O/c1-11-8-12-4-2-3-5-14(12)18(9-11)15-7-6-13(10-19)16-17-15/h2-7,11,19H,8-10H2,1H3. The van der Waals surface area contributed by atoms with Crippen LogP contribution in [0.15, 0.2) is 36.4 Å². The Morgan fingerprint density at radius 2 is 2.05 bits per heavy atom. The number of rotatable bonds is 2. The molecule has 4 heteroatoms. The number of para-hydroxylation sites is 1. The van der Waals surface area contributed by atoms with E-state index in [2.05, 4.69) is 46.3 Å². The van der Waals surface area contributed by atoms with Crippen LogP contribution in [0.1, 0.15) is 18.2 Å². The Hall–Kier alpha value is -1.94.